The minimum atomic E-state index is -0.703. The summed E-state index contributed by atoms with van der Waals surface area (Å²) >= 11 is 5.52. The van der Waals surface area contributed by atoms with Gasteiger partial charge >= 0.3 is 5.69 Å². The van der Waals surface area contributed by atoms with Crippen molar-refractivity contribution in [1.29, 1.82) is 0 Å². The average molecular weight is 243 g/mol. The fraction of sp³-hybridized carbons (Fsp3) is 0. The van der Waals surface area contributed by atoms with Crippen LogP contribution in [0.25, 0.3) is 5.82 Å². The van der Waals surface area contributed by atoms with Gasteiger partial charge in [-0.15, -0.1) is 0 Å². The van der Waals surface area contributed by atoms with Gasteiger partial charge in [-0.2, -0.15) is 5.10 Å². The molecule has 0 aliphatic heterocycles. The van der Waals surface area contributed by atoms with E-state index in [1.807, 2.05) is 0 Å². The molecule has 0 saturated carbocycles. The van der Waals surface area contributed by atoms with Crippen LogP contribution in [0.5, 0.6) is 0 Å². The summed E-state index contributed by atoms with van der Waals surface area (Å²) in [5.41, 5.74) is -0.240. The van der Waals surface area contributed by atoms with E-state index in [4.69, 9.17) is 11.6 Å². The number of nitrogens with zero attached hydrogens (tertiary/aromatic N) is 4. The molecule has 2 aromatic rings. The van der Waals surface area contributed by atoms with Gasteiger partial charge in [-0.1, -0.05) is 11.6 Å². The lowest BCUT2D eigenvalue weighted by Gasteiger charge is -2.00. The number of aromatic nitrogens is 3. The average Bonchev–Trinajstić information content (AvgIpc) is 2.66. The minimum absolute atomic E-state index is 0.141. The van der Waals surface area contributed by atoms with Gasteiger partial charge in [-0.05, 0) is 6.07 Å². The van der Waals surface area contributed by atoms with E-state index in [9.17, 15) is 14.5 Å². The lowest BCUT2D eigenvalue weighted by molar-refractivity contribution is -0.384. The Kier molecular flexibility index (Phi) is 2.53. The van der Waals surface area contributed by atoms with E-state index in [0.717, 1.165) is 23.1 Å². The van der Waals surface area contributed by atoms with Crippen LogP contribution in [-0.4, -0.2) is 19.7 Å². The van der Waals surface area contributed by atoms with Crippen LogP contribution < -0.4 is 0 Å². The Morgan fingerprint density at radius 2 is 2.25 bits per heavy atom. The molecule has 2 rings (SSSR count). The van der Waals surface area contributed by atoms with Crippen molar-refractivity contribution in [3.05, 3.63) is 45.6 Å². The molecule has 0 spiro atoms. The Morgan fingerprint density at radius 1 is 1.50 bits per heavy atom. The minimum Gasteiger partial charge on any atom is -0.258 e. The zero-order chi connectivity index (χ0) is 11.7. The molecule has 2 aromatic heterocycles. The van der Waals surface area contributed by atoms with Crippen molar-refractivity contribution in [1.82, 2.24) is 14.8 Å². The van der Waals surface area contributed by atoms with Crippen LogP contribution in [0.3, 0.4) is 0 Å². The molecule has 0 radical (unpaired) electrons. The van der Waals surface area contributed by atoms with E-state index in [0.29, 0.717) is 0 Å². The van der Waals surface area contributed by atoms with Crippen molar-refractivity contribution >= 4 is 17.3 Å². The molecule has 16 heavy (non-hydrogen) atoms. The third-order valence-electron chi connectivity index (χ3n) is 1.79. The number of hydrogen-bond donors (Lipinski definition) is 0. The Labute approximate surface area is 93.4 Å². The zero-order valence-corrected chi connectivity index (χ0v) is 8.43. The number of pyridine rings is 1. The predicted molar refractivity (Wildman–Crippen MR) is 53.0 cm³/mol. The third kappa shape index (κ3) is 1.84. The monoisotopic (exact) mass is 242 g/mol. The summed E-state index contributed by atoms with van der Waals surface area (Å²) < 4.78 is 14.3. The van der Waals surface area contributed by atoms with Crippen molar-refractivity contribution in [2.75, 3.05) is 0 Å². The van der Waals surface area contributed by atoms with Crippen molar-refractivity contribution in [3.63, 3.8) is 0 Å². The second kappa shape index (κ2) is 3.86. The Hall–Kier alpha value is -2.02. The first-order chi connectivity index (χ1) is 7.58. The summed E-state index contributed by atoms with van der Waals surface area (Å²) in [7, 11) is 0. The quantitative estimate of drug-likeness (QED) is 0.596. The molecule has 0 aromatic carbocycles. The van der Waals surface area contributed by atoms with Crippen LogP contribution in [-0.2, 0) is 0 Å². The summed E-state index contributed by atoms with van der Waals surface area (Å²) in [5, 5.41) is 14.2. The van der Waals surface area contributed by atoms with Crippen LogP contribution >= 0.6 is 11.6 Å². The molecule has 0 unspecified atom stereocenters. The number of rotatable bonds is 2. The van der Waals surface area contributed by atoms with Gasteiger partial charge in [0, 0.05) is 6.20 Å². The van der Waals surface area contributed by atoms with E-state index in [1.54, 1.807) is 0 Å². The highest BCUT2D eigenvalue weighted by atomic mass is 35.5. The summed E-state index contributed by atoms with van der Waals surface area (Å²) in [5.74, 6) is -0.844. The highest BCUT2D eigenvalue weighted by molar-refractivity contribution is 6.30. The zero-order valence-electron chi connectivity index (χ0n) is 7.67. The maximum absolute atomic E-state index is 13.4. The van der Waals surface area contributed by atoms with Crippen molar-refractivity contribution < 1.29 is 9.31 Å². The summed E-state index contributed by atoms with van der Waals surface area (Å²) in [6.45, 7) is 0. The largest absolute Gasteiger partial charge is 0.307 e. The van der Waals surface area contributed by atoms with Gasteiger partial charge in [0.25, 0.3) is 0 Å². The normalized spacial score (nSPS) is 10.4. The summed E-state index contributed by atoms with van der Waals surface area (Å²) in [6.07, 6.45) is 3.31. The van der Waals surface area contributed by atoms with E-state index >= 15 is 0 Å². The van der Waals surface area contributed by atoms with Crippen molar-refractivity contribution in [2.45, 2.75) is 0 Å². The first-order valence-electron chi connectivity index (χ1n) is 4.08. The van der Waals surface area contributed by atoms with Crippen LogP contribution in [0.1, 0.15) is 0 Å². The van der Waals surface area contributed by atoms with Gasteiger partial charge in [0.05, 0.1) is 9.95 Å². The van der Waals surface area contributed by atoms with Gasteiger partial charge in [0.15, 0.2) is 11.6 Å². The van der Waals surface area contributed by atoms with Crippen LogP contribution in [0.15, 0.2) is 24.7 Å². The smallest absolute Gasteiger partial charge is 0.258 e. The van der Waals surface area contributed by atoms with E-state index in [-0.39, 0.29) is 16.5 Å². The number of nitro groups is 1. The highest BCUT2D eigenvalue weighted by Crippen LogP contribution is 2.17. The van der Waals surface area contributed by atoms with Crippen LogP contribution in [0.4, 0.5) is 10.1 Å². The number of halogens is 2. The Morgan fingerprint density at radius 3 is 2.81 bits per heavy atom. The molecule has 0 aliphatic rings. The molecule has 0 N–H and O–H groups in total. The fourth-order valence-corrected chi connectivity index (χ4v) is 1.24. The van der Waals surface area contributed by atoms with Gasteiger partial charge in [-0.25, -0.2) is 14.1 Å². The molecular weight excluding hydrogens is 239 g/mol. The van der Waals surface area contributed by atoms with Gasteiger partial charge in [0.1, 0.15) is 12.4 Å². The van der Waals surface area contributed by atoms with Gasteiger partial charge in [0.2, 0.25) is 0 Å². The molecule has 0 saturated heterocycles. The summed E-state index contributed by atoms with van der Waals surface area (Å²) in [6, 6.07) is 1.05. The molecular formula is C8H4ClFN4O2. The molecule has 0 amide bonds. The van der Waals surface area contributed by atoms with Gasteiger partial charge < -0.3 is 0 Å². The van der Waals surface area contributed by atoms with Crippen molar-refractivity contribution in [2.24, 2.45) is 0 Å². The van der Waals surface area contributed by atoms with Gasteiger partial charge in [-0.3, -0.25) is 10.1 Å². The van der Waals surface area contributed by atoms with E-state index in [2.05, 4.69) is 10.1 Å². The highest BCUT2D eigenvalue weighted by Gasteiger charge is 2.13. The second-order valence-electron chi connectivity index (χ2n) is 2.86. The maximum atomic E-state index is 13.4. The molecule has 0 fully saturated rings. The second-order valence-corrected chi connectivity index (χ2v) is 3.30. The molecule has 8 heteroatoms. The molecule has 6 nitrogen and oxygen atoms in total. The SMILES string of the molecule is O=[N+]([O-])c1cnn(-c2ncc(Cl)cc2F)c1. The molecule has 0 aliphatic carbocycles. The number of hydrogen-bond acceptors (Lipinski definition) is 4. The first kappa shape index (κ1) is 10.5. The molecule has 82 valence electrons. The first-order valence-corrected chi connectivity index (χ1v) is 4.46. The predicted octanol–water partition coefficient (Wildman–Crippen LogP) is 1.97. The molecule has 2 heterocycles. The maximum Gasteiger partial charge on any atom is 0.307 e. The van der Waals surface area contributed by atoms with E-state index in [1.165, 1.54) is 6.20 Å². The third-order valence-corrected chi connectivity index (χ3v) is 1.99. The molecule has 0 atom stereocenters. The lowest BCUT2D eigenvalue weighted by Crippen LogP contribution is -2.01. The fourth-order valence-electron chi connectivity index (χ4n) is 1.10. The topological polar surface area (TPSA) is 73.8 Å². The molecule has 0 bridgehead atoms. The van der Waals surface area contributed by atoms with E-state index < -0.39 is 10.7 Å². The van der Waals surface area contributed by atoms with Crippen molar-refractivity contribution in [3.8, 4) is 5.82 Å². The Balaban J connectivity index is 2.46. The Bertz CT molecular complexity index is 557. The standard InChI is InChI=1S/C8H4ClFN4O2/c9-5-1-7(10)8(11-2-5)13-4-6(3-12-13)14(15)16/h1-4H. The summed E-state index contributed by atoms with van der Waals surface area (Å²) in [4.78, 5) is 13.5. The van der Waals surface area contributed by atoms with Crippen LogP contribution in [0.2, 0.25) is 5.02 Å². The van der Waals surface area contributed by atoms with Crippen LogP contribution in [0, 0.1) is 15.9 Å². The lowest BCUT2D eigenvalue weighted by atomic mass is 10.4.